The van der Waals surface area contributed by atoms with Gasteiger partial charge < -0.3 is 38.8 Å². The summed E-state index contributed by atoms with van der Waals surface area (Å²) in [5.41, 5.74) is 31.4. The van der Waals surface area contributed by atoms with Gasteiger partial charge in [-0.15, -0.1) is 0 Å². The third-order valence-corrected chi connectivity index (χ3v) is 25.9. The van der Waals surface area contributed by atoms with E-state index >= 15 is 0 Å². The van der Waals surface area contributed by atoms with Crippen LogP contribution in [0.1, 0.15) is 359 Å². The highest BCUT2D eigenvalue weighted by Gasteiger charge is 2.33. The molecule has 6 N–H and O–H groups in total. The fraction of sp³-hybridized carbons (Fsp3) is 0.466. The van der Waals surface area contributed by atoms with Gasteiger partial charge in [0.2, 0.25) is 0 Å². The number of oxazole rings is 1. The van der Waals surface area contributed by atoms with Crippen molar-refractivity contribution in [2.75, 3.05) is 0 Å². The second kappa shape index (κ2) is 37.5. The van der Waals surface area contributed by atoms with Crippen LogP contribution in [-0.2, 0) is 90.7 Å². The summed E-state index contributed by atoms with van der Waals surface area (Å²) >= 11 is 0. The van der Waals surface area contributed by atoms with Crippen LogP contribution >= 0.6 is 0 Å². The van der Waals surface area contributed by atoms with E-state index in [1.54, 1.807) is 22.9 Å². The second-order valence-electron chi connectivity index (χ2n) is 49.9. The Labute approximate surface area is 805 Å². The molecule has 0 saturated heterocycles. The van der Waals surface area contributed by atoms with Crippen LogP contribution < -0.4 is 0 Å². The lowest BCUT2D eigenvalue weighted by Crippen LogP contribution is -2.18. The van der Waals surface area contributed by atoms with Crippen LogP contribution in [0.2, 0.25) is 0 Å². The molecule has 0 amide bonds. The Morgan fingerprint density at radius 1 is 0.230 bits per heavy atom. The number of hydrogen-bond donors (Lipinski definition) is 6. The molecule has 0 radical (unpaired) electrons. The van der Waals surface area contributed by atoms with Gasteiger partial charge in [0.25, 0.3) is 0 Å². The van der Waals surface area contributed by atoms with Crippen molar-refractivity contribution in [3.05, 3.63) is 256 Å². The number of nitrogens with zero attached hydrogens (tertiary/aromatic N) is 9. The number of aromatic nitrogens is 15. The fourth-order valence-electron chi connectivity index (χ4n) is 18.4. The molecular formula is C118H155N15O2. The van der Waals surface area contributed by atoms with Gasteiger partial charge in [-0.25, -0.2) is 34.9 Å². The Morgan fingerprint density at radius 3 is 0.911 bits per heavy atom. The quantitative estimate of drug-likeness (QED) is 0.0915. The van der Waals surface area contributed by atoms with E-state index in [2.05, 4.69) is 427 Å². The first-order valence-corrected chi connectivity index (χ1v) is 48.9. The molecule has 0 bridgehead atoms. The molecule has 0 spiro atoms. The van der Waals surface area contributed by atoms with E-state index in [0.717, 1.165) is 90.9 Å². The molecule has 9 aromatic heterocycles. The molecule has 7 aromatic carbocycles. The first kappa shape index (κ1) is 101. The number of benzene rings is 7. The van der Waals surface area contributed by atoms with E-state index < -0.39 is 0 Å². The predicted molar refractivity (Wildman–Crippen MR) is 565 cm³/mol. The fourth-order valence-corrected chi connectivity index (χ4v) is 18.4. The monoisotopic (exact) mass is 1810 g/mol. The van der Waals surface area contributed by atoms with Gasteiger partial charge in [-0.05, 0) is 156 Å². The van der Waals surface area contributed by atoms with Crippen molar-refractivity contribution >= 4 is 43.6 Å². The third kappa shape index (κ3) is 22.7. The van der Waals surface area contributed by atoms with Crippen LogP contribution in [0.25, 0.3) is 111 Å². The smallest absolute Gasteiger partial charge is 0.182 e. The van der Waals surface area contributed by atoms with Crippen molar-refractivity contribution in [1.82, 2.24) is 74.9 Å². The summed E-state index contributed by atoms with van der Waals surface area (Å²) in [6.45, 7) is 79.6. The van der Waals surface area contributed by atoms with Crippen LogP contribution in [0.4, 0.5) is 0 Å². The largest absolute Gasteiger partial charge is 0.443 e. The van der Waals surface area contributed by atoms with Crippen LogP contribution in [0.15, 0.2) is 174 Å². The molecule has 2 aliphatic rings. The number of nitrogens with one attached hydrogen (secondary N) is 6. The van der Waals surface area contributed by atoms with Gasteiger partial charge in [0.1, 0.15) is 40.5 Å². The molecule has 0 aliphatic heterocycles. The molecule has 2 aliphatic carbocycles. The molecule has 0 unspecified atom stereocenters. The average Bonchev–Trinajstić information content (AvgIpc) is 1.67. The van der Waals surface area contributed by atoms with Crippen LogP contribution in [-0.4, -0.2) is 74.9 Å². The Bertz CT molecular complexity index is 6550. The first-order valence-electron chi connectivity index (χ1n) is 48.9. The number of hydrogen-bond acceptors (Lipinski definition) is 11. The predicted octanol–water partition coefficient (Wildman–Crippen LogP) is 31.4. The van der Waals surface area contributed by atoms with Gasteiger partial charge in [0.05, 0.1) is 77.5 Å². The zero-order valence-corrected chi connectivity index (χ0v) is 88.4. The highest BCUT2D eigenvalue weighted by atomic mass is 16.5. The van der Waals surface area contributed by atoms with E-state index in [1.165, 1.54) is 145 Å². The van der Waals surface area contributed by atoms with E-state index in [-0.39, 0.29) is 65.0 Å². The van der Waals surface area contributed by atoms with Gasteiger partial charge in [0.15, 0.2) is 17.6 Å². The minimum atomic E-state index is -0.00979. The maximum atomic E-state index is 5.67. The lowest BCUT2D eigenvalue weighted by molar-refractivity contribution is 0.457. The number of aromatic amines is 6. The van der Waals surface area contributed by atoms with E-state index in [4.69, 9.17) is 8.94 Å². The van der Waals surface area contributed by atoms with Crippen LogP contribution in [0.3, 0.4) is 0 Å². The van der Waals surface area contributed by atoms with Crippen molar-refractivity contribution in [2.45, 2.75) is 359 Å². The Morgan fingerprint density at radius 2 is 0.526 bits per heavy atom. The normalized spacial score (nSPS) is 13.7. The molecule has 0 fully saturated rings. The van der Waals surface area contributed by atoms with Crippen LogP contribution in [0.5, 0.6) is 0 Å². The molecule has 9 heterocycles. The van der Waals surface area contributed by atoms with Crippen molar-refractivity contribution < 1.29 is 8.94 Å². The summed E-state index contributed by atoms with van der Waals surface area (Å²) in [6, 6.07) is 37.4. The molecule has 18 rings (SSSR count). The average molecular weight is 1820 g/mol. The maximum absolute atomic E-state index is 5.67. The molecule has 135 heavy (non-hydrogen) atoms. The zero-order valence-electron chi connectivity index (χ0n) is 88.4. The SMILES string of the molecule is CC(C)(C)c1ncc(-c2ccc(C(C)(C)C)c3c2CCC3)[nH]1.CC(C)(C)c1ncc(-c2ccc(C(C)(C)C)c3c2CCCC3)[nH]1.CC(C)(C)c1ncc(-c2ccc(C(C)(C)C)c3ccccc23)[nH]1.CC(C)(C)c1ncc(-c2ccc(C(C)(C)C)c3cnccc23)[nH]1.CC(C)(C)c1ncc(-c2ccc(C(C)(C)C)c3cnoc23)[nH]1.CC(C)(C)c1ncc(-c2ccc(C(C)(C)C)c3ocnc23)[nH]1. The van der Waals surface area contributed by atoms with Gasteiger partial charge in [-0.1, -0.05) is 345 Å². The summed E-state index contributed by atoms with van der Waals surface area (Å²) in [7, 11) is 0. The molecule has 0 atom stereocenters. The molecule has 17 heteroatoms. The minimum Gasteiger partial charge on any atom is -0.443 e. The lowest BCUT2D eigenvalue weighted by atomic mass is 9.76. The Balaban J connectivity index is 0.000000137. The summed E-state index contributed by atoms with van der Waals surface area (Å²) in [6.07, 6.45) is 27.5. The zero-order chi connectivity index (χ0) is 98.8. The molecule has 714 valence electrons. The van der Waals surface area contributed by atoms with Gasteiger partial charge >= 0.3 is 0 Å². The highest BCUT2D eigenvalue weighted by molar-refractivity contribution is 6.00. The first-order chi connectivity index (χ1) is 62.6. The minimum absolute atomic E-state index is 0.00740. The number of imidazole rings is 6. The standard InChI is InChI=1S/C21H30N2.C21H26N2.C20H25N3.C20H28N2.2C18H23N3O/c2*1-20(2,3)17-12-11-16(14-9-7-8-10-15(14)17)18-13-22-19(23-18)21(4,5)6;1-19(2,3)16-8-7-14(13-9-10-21-11-15(13)16)17-12-22-18(23-17)20(4,5)6;1-19(2,3)16-11-10-15(13-8-7-9-14(13)16)17-12-21-18(22-17)20(4,5)6;1-17(2,3)13-8-7-11(15-12(13)9-20-22-15)14-10-19-16(21-14)18(4,5)6;1-17(2,3)12-8-7-11(14-15(12)22-10-20-14)13-9-19-16(21-13)18(4,5)6/h11-13H,7-10H2,1-6H3,(H,22,23);7-13H,1-6H3,(H,22,23);7-12H,1-6H3,(H,22,23);10-12H,7-9H2,1-6H3,(H,21,22);2*7-10H,1-6H3,(H,19,21). The third-order valence-electron chi connectivity index (χ3n) is 25.9. The number of fused-ring (bicyclic) bond motifs is 6. The molecule has 16 aromatic rings. The van der Waals surface area contributed by atoms with Crippen molar-refractivity contribution in [3.63, 3.8) is 0 Å². The summed E-state index contributed by atoms with van der Waals surface area (Å²) < 4.78 is 11.2. The summed E-state index contributed by atoms with van der Waals surface area (Å²) in [4.78, 5) is 57.1. The lowest BCUT2D eigenvalue weighted by Gasteiger charge is -2.29. The topological polar surface area (TPSA) is 237 Å². The van der Waals surface area contributed by atoms with E-state index in [1.807, 2.05) is 49.6 Å². The van der Waals surface area contributed by atoms with E-state index in [0.29, 0.717) is 0 Å². The number of rotatable bonds is 6. The van der Waals surface area contributed by atoms with Crippen LogP contribution in [0, 0.1) is 0 Å². The molecule has 17 nitrogen and oxygen atoms in total. The highest BCUT2D eigenvalue weighted by Crippen LogP contribution is 2.46. The van der Waals surface area contributed by atoms with Crippen molar-refractivity contribution in [1.29, 1.82) is 0 Å². The van der Waals surface area contributed by atoms with Crippen molar-refractivity contribution in [3.8, 4) is 67.5 Å². The van der Waals surface area contributed by atoms with Crippen molar-refractivity contribution in [2.24, 2.45) is 0 Å². The maximum Gasteiger partial charge on any atom is 0.182 e. The number of pyridine rings is 1. The second-order valence-corrected chi connectivity index (χ2v) is 49.9. The van der Waals surface area contributed by atoms with Gasteiger partial charge in [-0.2, -0.15) is 0 Å². The molecular weight excluding hydrogens is 1660 g/mol. The van der Waals surface area contributed by atoms with Gasteiger partial charge in [-0.3, -0.25) is 4.98 Å². The van der Waals surface area contributed by atoms with E-state index in [9.17, 15) is 0 Å². The van der Waals surface area contributed by atoms with Gasteiger partial charge in [0, 0.05) is 94.6 Å². The number of H-pyrrole nitrogens is 6. The Hall–Kier alpha value is -11.6. The summed E-state index contributed by atoms with van der Waals surface area (Å²) in [5, 5.41) is 10.1. The summed E-state index contributed by atoms with van der Waals surface area (Å²) in [5.74, 6) is 6.10. The molecule has 0 saturated carbocycles. The Kier molecular flexibility index (Phi) is 28.0.